The van der Waals surface area contributed by atoms with Gasteiger partial charge in [0, 0.05) is 15.4 Å². The summed E-state index contributed by atoms with van der Waals surface area (Å²) in [4.78, 5) is 2.38. The monoisotopic (exact) mass is 365 g/mol. The number of hydrogen-bond donors (Lipinski definition) is 1. The highest BCUT2D eigenvalue weighted by atomic mass is 79.9. The summed E-state index contributed by atoms with van der Waals surface area (Å²) in [6.07, 6.45) is 0. The smallest absolute Gasteiger partial charge is 0.132 e. The lowest BCUT2D eigenvalue weighted by molar-refractivity contribution is 0.405. The fourth-order valence-electron chi connectivity index (χ4n) is 2.19. The van der Waals surface area contributed by atoms with E-state index in [1.165, 1.54) is 10.5 Å². The van der Waals surface area contributed by atoms with E-state index < -0.39 is 0 Å². The van der Waals surface area contributed by atoms with Gasteiger partial charge in [-0.1, -0.05) is 46.7 Å². The molecule has 1 atom stereocenters. The standard InChI is InChI=1S/C17H20BrNOS/c1-4-19-12(2)14-11-13(18)9-10-16(14)21-17-8-6-5-7-15(17)20-3/h5-12,19H,4H2,1-3H3. The lowest BCUT2D eigenvalue weighted by Gasteiger charge is -2.18. The van der Waals surface area contributed by atoms with Gasteiger partial charge in [-0.3, -0.25) is 0 Å². The lowest BCUT2D eigenvalue weighted by Crippen LogP contribution is -2.18. The maximum atomic E-state index is 5.44. The Balaban J connectivity index is 2.35. The van der Waals surface area contributed by atoms with E-state index in [4.69, 9.17) is 4.74 Å². The van der Waals surface area contributed by atoms with Crippen LogP contribution in [0.25, 0.3) is 0 Å². The van der Waals surface area contributed by atoms with Crippen molar-refractivity contribution in [2.45, 2.75) is 29.7 Å². The van der Waals surface area contributed by atoms with Gasteiger partial charge in [0.15, 0.2) is 0 Å². The minimum atomic E-state index is 0.310. The van der Waals surface area contributed by atoms with Crippen LogP contribution >= 0.6 is 27.7 Å². The molecule has 0 saturated heterocycles. The zero-order valence-electron chi connectivity index (χ0n) is 12.5. The van der Waals surface area contributed by atoms with Crippen molar-refractivity contribution >= 4 is 27.7 Å². The summed E-state index contributed by atoms with van der Waals surface area (Å²) in [6, 6.07) is 14.9. The first-order valence-corrected chi connectivity index (χ1v) is 8.60. The Labute approximate surface area is 139 Å². The molecular formula is C17H20BrNOS. The number of benzene rings is 2. The Kier molecular flexibility index (Phi) is 6.15. The molecule has 0 aromatic heterocycles. The van der Waals surface area contributed by atoms with Gasteiger partial charge in [0.1, 0.15) is 5.75 Å². The molecule has 21 heavy (non-hydrogen) atoms. The van der Waals surface area contributed by atoms with Gasteiger partial charge in [-0.2, -0.15) is 0 Å². The van der Waals surface area contributed by atoms with Crippen molar-refractivity contribution in [2.24, 2.45) is 0 Å². The van der Waals surface area contributed by atoms with Crippen LogP contribution < -0.4 is 10.1 Å². The summed E-state index contributed by atoms with van der Waals surface area (Å²) in [5, 5.41) is 3.48. The summed E-state index contributed by atoms with van der Waals surface area (Å²) in [7, 11) is 1.71. The highest BCUT2D eigenvalue weighted by Gasteiger charge is 2.13. The van der Waals surface area contributed by atoms with Crippen LogP contribution in [0.5, 0.6) is 5.75 Å². The van der Waals surface area contributed by atoms with E-state index in [2.05, 4.69) is 59.4 Å². The second kappa shape index (κ2) is 7.87. The molecule has 1 N–H and O–H groups in total. The molecule has 2 aromatic rings. The van der Waals surface area contributed by atoms with Gasteiger partial charge in [-0.25, -0.2) is 0 Å². The summed E-state index contributed by atoms with van der Waals surface area (Å²) in [5.41, 5.74) is 1.29. The van der Waals surface area contributed by atoms with Crippen LogP contribution in [0.1, 0.15) is 25.5 Å². The molecule has 0 aliphatic rings. The predicted molar refractivity (Wildman–Crippen MR) is 93.4 cm³/mol. The molecule has 0 fully saturated rings. The van der Waals surface area contributed by atoms with Crippen molar-refractivity contribution in [2.75, 3.05) is 13.7 Å². The number of ether oxygens (including phenoxy) is 1. The Hall–Kier alpha value is -0.970. The average Bonchev–Trinajstić information content (AvgIpc) is 2.49. The lowest BCUT2D eigenvalue weighted by atomic mass is 10.1. The molecule has 2 rings (SSSR count). The summed E-state index contributed by atoms with van der Waals surface area (Å²) in [6.45, 7) is 5.27. The minimum Gasteiger partial charge on any atom is -0.496 e. The SMILES string of the molecule is CCNC(C)c1cc(Br)ccc1Sc1ccccc1OC. The zero-order chi connectivity index (χ0) is 15.2. The van der Waals surface area contributed by atoms with Crippen molar-refractivity contribution in [1.29, 1.82) is 0 Å². The third kappa shape index (κ3) is 4.25. The van der Waals surface area contributed by atoms with E-state index in [-0.39, 0.29) is 0 Å². The fraction of sp³-hybridized carbons (Fsp3) is 0.294. The Morgan fingerprint density at radius 3 is 2.67 bits per heavy atom. The van der Waals surface area contributed by atoms with E-state index in [9.17, 15) is 0 Å². The molecule has 4 heteroatoms. The molecule has 0 aliphatic carbocycles. The van der Waals surface area contributed by atoms with Gasteiger partial charge in [-0.05, 0) is 49.4 Å². The first kappa shape index (κ1) is 16.4. The van der Waals surface area contributed by atoms with Crippen LogP contribution in [0.4, 0.5) is 0 Å². The summed E-state index contributed by atoms with van der Waals surface area (Å²) in [5.74, 6) is 0.910. The first-order chi connectivity index (χ1) is 10.2. The molecule has 0 spiro atoms. The Morgan fingerprint density at radius 1 is 1.19 bits per heavy atom. The second-order valence-corrected chi connectivity index (χ2v) is 6.71. The molecule has 0 radical (unpaired) electrons. The molecule has 0 bridgehead atoms. The van der Waals surface area contributed by atoms with Crippen LogP contribution in [-0.2, 0) is 0 Å². The van der Waals surface area contributed by atoms with Crippen LogP contribution in [0.3, 0.4) is 0 Å². The number of hydrogen-bond acceptors (Lipinski definition) is 3. The zero-order valence-corrected chi connectivity index (χ0v) is 14.9. The maximum absolute atomic E-state index is 5.44. The third-order valence-electron chi connectivity index (χ3n) is 3.24. The van der Waals surface area contributed by atoms with Gasteiger partial charge in [-0.15, -0.1) is 0 Å². The number of halogens is 1. The normalized spacial score (nSPS) is 12.2. The van der Waals surface area contributed by atoms with Crippen LogP contribution in [-0.4, -0.2) is 13.7 Å². The molecular weight excluding hydrogens is 346 g/mol. The van der Waals surface area contributed by atoms with Crippen LogP contribution in [0.15, 0.2) is 56.7 Å². The highest BCUT2D eigenvalue weighted by molar-refractivity contribution is 9.10. The van der Waals surface area contributed by atoms with E-state index in [1.54, 1.807) is 18.9 Å². The van der Waals surface area contributed by atoms with Crippen molar-refractivity contribution in [3.8, 4) is 5.75 Å². The number of rotatable bonds is 6. The van der Waals surface area contributed by atoms with E-state index >= 15 is 0 Å². The summed E-state index contributed by atoms with van der Waals surface area (Å²) < 4.78 is 6.55. The third-order valence-corrected chi connectivity index (χ3v) is 4.88. The predicted octanol–water partition coefficient (Wildman–Crippen LogP) is 5.28. The second-order valence-electron chi connectivity index (χ2n) is 4.71. The van der Waals surface area contributed by atoms with Crippen molar-refractivity contribution in [3.05, 3.63) is 52.5 Å². The van der Waals surface area contributed by atoms with Crippen molar-refractivity contribution < 1.29 is 4.74 Å². The molecule has 0 saturated carbocycles. The minimum absolute atomic E-state index is 0.310. The molecule has 2 aromatic carbocycles. The molecule has 112 valence electrons. The summed E-state index contributed by atoms with van der Waals surface area (Å²) >= 11 is 5.31. The quantitative estimate of drug-likeness (QED) is 0.752. The number of methoxy groups -OCH3 is 1. The van der Waals surface area contributed by atoms with Gasteiger partial charge >= 0.3 is 0 Å². The average molecular weight is 366 g/mol. The van der Waals surface area contributed by atoms with Gasteiger partial charge in [0.2, 0.25) is 0 Å². The van der Waals surface area contributed by atoms with E-state index in [1.807, 2.05) is 18.2 Å². The maximum Gasteiger partial charge on any atom is 0.132 e. The van der Waals surface area contributed by atoms with Crippen molar-refractivity contribution in [1.82, 2.24) is 5.32 Å². The van der Waals surface area contributed by atoms with Gasteiger partial charge in [0.25, 0.3) is 0 Å². The fourth-order valence-corrected chi connectivity index (χ4v) is 3.69. The largest absolute Gasteiger partial charge is 0.496 e. The Bertz CT molecular complexity index is 603. The van der Waals surface area contributed by atoms with Crippen molar-refractivity contribution in [3.63, 3.8) is 0 Å². The van der Waals surface area contributed by atoms with Crippen LogP contribution in [0.2, 0.25) is 0 Å². The molecule has 1 unspecified atom stereocenters. The first-order valence-electron chi connectivity index (χ1n) is 6.99. The van der Waals surface area contributed by atoms with Crippen LogP contribution in [0, 0.1) is 0 Å². The Morgan fingerprint density at radius 2 is 1.95 bits per heavy atom. The van der Waals surface area contributed by atoms with E-state index in [0.717, 1.165) is 21.7 Å². The molecule has 0 amide bonds. The molecule has 0 aliphatic heterocycles. The highest BCUT2D eigenvalue weighted by Crippen LogP contribution is 2.39. The molecule has 2 nitrogen and oxygen atoms in total. The van der Waals surface area contributed by atoms with Gasteiger partial charge < -0.3 is 10.1 Å². The van der Waals surface area contributed by atoms with Gasteiger partial charge in [0.05, 0.1) is 12.0 Å². The molecule has 0 heterocycles. The number of nitrogens with one attached hydrogen (secondary N) is 1. The number of para-hydroxylation sites is 1. The topological polar surface area (TPSA) is 21.3 Å². The van der Waals surface area contributed by atoms with E-state index in [0.29, 0.717) is 6.04 Å².